The quantitative estimate of drug-likeness (QED) is 0.565. The third-order valence-electron chi connectivity index (χ3n) is 4.18. The lowest BCUT2D eigenvalue weighted by Gasteiger charge is -2.13. The minimum Gasteiger partial charge on any atom is -0.489 e. The average Bonchev–Trinajstić information content (AvgIpc) is 3.08. The molecule has 0 aliphatic heterocycles. The number of rotatable bonds is 7. The van der Waals surface area contributed by atoms with Crippen LogP contribution >= 0.6 is 11.6 Å². The van der Waals surface area contributed by atoms with Crippen molar-refractivity contribution in [3.8, 4) is 11.4 Å². The van der Waals surface area contributed by atoms with Crippen molar-refractivity contribution in [2.75, 3.05) is 20.3 Å². The van der Waals surface area contributed by atoms with Crippen molar-refractivity contribution in [1.29, 1.82) is 0 Å². The number of nitrogens with zero attached hydrogens (tertiary/aromatic N) is 2. The van der Waals surface area contributed by atoms with Gasteiger partial charge in [-0.2, -0.15) is 0 Å². The summed E-state index contributed by atoms with van der Waals surface area (Å²) in [6.07, 6.45) is 4.63. The Morgan fingerprint density at radius 2 is 2.21 bits per heavy atom. The van der Waals surface area contributed by atoms with Crippen molar-refractivity contribution in [1.82, 2.24) is 9.55 Å². The lowest BCUT2D eigenvalue weighted by atomic mass is 10.2. The zero-order valence-electron chi connectivity index (χ0n) is 13.5. The Labute approximate surface area is 144 Å². The molecule has 3 rings (SSSR count). The molecular weight excluding hydrogens is 335 g/mol. The predicted octanol–water partition coefficient (Wildman–Crippen LogP) is 3.54. The van der Waals surface area contributed by atoms with Gasteiger partial charge < -0.3 is 14.0 Å². The Kier molecular flexibility index (Phi) is 4.87. The summed E-state index contributed by atoms with van der Waals surface area (Å²) in [5.74, 6) is 0.666. The van der Waals surface area contributed by atoms with Gasteiger partial charge in [-0.05, 0) is 30.0 Å². The molecule has 1 aromatic heterocycles. The van der Waals surface area contributed by atoms with Gasteiger partial charge in [0.05, 0.1) is 29.9 Å². The van der Waals surface area contributed by atoms with E-state index in [-0.39, 0.29) is 12.2 Å². The van der Waals surface area contributed by atoms with Crippen molar-refractivity contribution < 1.29 is 18.7 Å². The summed E-state index contributed by atoms with van der Waals surface area (Å²) in [7, 11) is 1.55. The summed E-state index contributed by atoms with van der Waals surface area (Å²) in [6.45, 7) is 2.80. The summed E-state index contributed by atoms with van der Waals surface area (Å²) in [6, 6.07) is 2.55. The van der Waals surface area contributed by atoms with Crippen molar-refractivity contribution in [3.05, 3.63) is 41.7 Å². The summed E-state index contributed by atoms with van der Waals surface area (Å²) >= 11 is 5.47. The van der Waals surface area contributed by atoms with E-state index < -0.39 is 11.1 Å². The van der Waals surface area contributed by atoms with Crippen LogP contribution in [0.25, 0.3) is 5.69 Å². The molecule has 0 N–H and O–H groups in total. The second kappa shape index (κ2) is 6.91. The Morgan fingerprint density at radius 3 is 2.83 bits per heavy atom. The maximum atomic E-state index is 14.1. The van der Waals surface area contributed by atoms with Crippen LogP contribution in [0, 0.1) is 11.7 Å². The van der Waals surface area contributed by atoms with E-state index in [9.17, 15) is 9.18 Å². The number of hydrogen-bond acceptors (Lipinski definition) is 4. The molecule has 0 saturated heterocycles. The Hall–Kier alpha value is -1.92. The molecule has 0 amide bonds. The van der Waals surface area contributed by atoms with Crippen LogP contribution in [0.2, 0.25) is 0 Å². The fourth-order valence-corrected chi connectivity index (χ4v) is 2.79. The third-order valence-corrected chi connectivity index (χ3v) is 4.38. The van der Waals surface area contributed by atoms with Gasteiger partial charge >= 0.3 is 0 Å². The fourth-order valence-electron chi connectivity index (χ4n) is 2.64. The van der Waals surface area contributed by atoms with Crippen molar-refractivity contribution in [3.63, 3.8) is 0 Å². The molecule has 5 nitrogen and oxygen atoms in total. The highest BCUT2D eigenvalue weighted by Gasteiger charge is 2.35. The molecule has 1 aromatic carbocycles. The maximum absolute atomic E-state index is 14.1. The van der Waals surface area contributed by atoms with E-state index in [4.69, 9.17) is 21.1 Å². The van der Waals surface area contributed by atoms with Crippen molar-refractivity contribution in [2.24, 2.45) is 5.92 Å². The highest BCUT2D eigenvalue weighted by molar-refractivity contribution is 6.67. The van der Waals surface area contributed by atoms with Gasteiger partial charge in [-0.3, -0.25) is 4.79 Å². The van der Waals surface area contributed by atoms with Crippen LogP contribution in [0.1, 0.15) is 35.3 Å². The van der Waals surface area contributed by atoms with Crippen LogP contribution in [0.3, 0.4) is 0 Å². The first-order chi connectivity index (χ1) is 11.5. The van der Waals surface area contributed by atoms with Crippen molar-refractivity contribution in [2.45, 2.75) is 19.3 Å². The Bertz CT molecular complexity index is 762. The molecule has 1 saturated carbocycles. The summed E-state index contributed by atoms with van der Waals surface area (Å²) < 4.78 is 26.3. The number of hydrogen-bond donors (Lipinski definition) is 0. The molecule has 1 unspecified atom stereocenters. The number of halogens is 2. The average molecular weight is 353 g/mol. The Balaban J connectivity index is 1.97. The second-order valence-electron chi connectivity index (χ2n) is 5.94. The summed E-state index contributed by atoms with van der Waals surface area (Å²) in [4.78, 5) is 15.8. The minimum absolute atomic E-state index is 0.194. The molecular formula is C17H18ClFN2O3. The summed E-state index contributed by atoms with van der Waals surface area (Å²) in [5, 5.41) is -0.853. The van der Waals surface area contributed by atoms with Crippen LogP contribution in [-0.2, 0) is 4.74 Å². The summed E-state index contributed by atoms with van der Waals surface area (Å²) in [5.41, 5.74) is 1.30. The fraction of sp³-hybridized carbons (Fsp3) is 0.412. The molecule has 1 aliphatic carbocycles. The first-order valence-electron chi connectivity index (χ1n) is 7.70. The van der Waals surface area contributed by atoms with E-state index >= 15 is 0 Å². The van der Waals surface area contributed by atoms with Gasteiger partial charge in [0.2, 0.25) is 0 Å². The molecule has 1 heterocycles. The standard InChI is InChI=1S/C17H18ClFN2O3/c1-10-5-11(10)14-8-21(9-20-14)15-6-12(17(18)22)13(19)7-16(15)24-4-3-23-2/h6-11H,3-5H2,1-2H3/t10-,11?/m0/s1. The number of carbonyl (C=O) groups is 1. The second-order valence-corrected chi connectivity index (χ2v) is 6.28. The van der Waals surface area contributed by atoms with Gasteiger partial charge in [-0.15, -0.1) is 0 Å². The van der Waals surface area contributed by atoms with Gasteiger partial charge in [0.25, 0.3) is 5.24 Å². The van der Waals surface area contributed by atoms with Gasteiger partial charge in [0.1, 0.15) is 18.2 Å². The normalized spacial score (nSPS) is 19.3. The van der Waals surface area contributed by atoms with Crippen molar-refractivity contribution >= 4 is 16.8 Å². The SMILES string of the molecule is COCCOc1cc(F)c(C(=O)Cl)cc1-n1cnc(C2C[C@@H]2C)c1. The largest absolute Gasteiger partial charge is 0.489 e. The number of carbonyl (C=O) groups excluding carboxylic acids is 1. The van der Waals surface area contributed by atoms with Gasteiger partial charge in [-0.1, -0.05) is 6.92 Å². The van der Waals surface area contributed by atoms with Crippen LogP contribution in [0.4, 0.5) is 4.39 Å². The van der Waals surface area contributed by atoms with Gasteiger partial charge in [0.15, 0.2) is 0 Å². The van der Waals surface area contributed by atoms with Crippen LogP contribution < -0.4 is 4.74 Å². The molecule has 0 spiro atoms. The Morgan fingerprint density at radius 1 is 1.46 bits per heavy atom. The highest BCUT2D eigenvalue weighted by Crippen LogP contribution is 2.46. The molecule has 1 fully saturated rings. The zero-order chi connectivity index (χ0) is 17.3. The maximum Gasteiger partial charge on any atom is 0.255 e. The zero-order valence-corrected chi connectivity index (χ0v) is 14.2. The van der Waals surface area contributed by atoms with E-state index in [1.165, 1.54) is 12.1 Å². The topological polar surface area (TPSA) is 53.4 Å². The molecule has 24 heavy (non-hydrogen) atoms. The van der Waals surface area contributed by atoms with E-state index in [1.807, 2.05) is 6.20 Å². The molecule has 0 bridgehead atoms. The molecule has 2 aromatic rings. The van der Waals surface area contributed by atoms with Gasteiger partial charge in [-0.25, -0.2) is 9.37 Å². The number of methoxy groups -OCH3 is 1. The first kappa shape index (κ1) is 16.9. The van der Waals surface area contributed by atoms with E-state index in [2.05, 4.69) is 11.9 Å². The van der Waals surface area contributed by atoms with Crippen LogP contribution in [0.5, 0.6) is 5.75 Å². The number of imidazole rings is 1. The van der Waals surface area contributed by atoms with E-state index in [1.54, 1.807) is 18.0 Å². The molecule has 0 radical (unpaired) electrons. The molecule has 128 valence electrons. The molecule has 2 atom stereocenters. The highest BCUT2D eigenvalue weighted by atomic mass is 35.5. The first-order valence-corrected chi connectivity index (χ1v) is 8.08. The predicted molar refractivity (Wildman–Crippen MR) is 87.6 cm³/mol. The van der Waals surface area contributed by atoms with Gasteiger partial charge in [0, 0.05) is 25.3 Å². The molecule has 7 heteroatoms. The van der Waals surface area contributed by atoms with Crippen LogP contribution in [-0.4, -0.2) is 35.1 Å². The third kappa shape index (κ3) is 3.44. The lowest BCUT2D eigenvalue weighted by molar-refractivity contribution is 0.107. The molecule has 1 aliphatic rings. The van der Waals surface area contributed by atoms with E-state index in [0.29, 0.717) is 29.9 Å². The number of ether oxygens (including phenoxy) is 2. The minimum atomic E-state index is -0.853. The number of benzene rings is 1. The monoisotopic (exact) mass is 352 g/mol. The lowest BCUT2D eigenvalue weighted by Crippen LogP contribution is -2.08. The smallest absolute Gasteiger partial charge is 0.255 e. The number of aromatic nitrogens is 2. The van der Waals surface area contributed by atoms with E-state index in [0.717, 1.165) is 12.1 Å². The van der Waals surface area contributed by atoms with Crippen LogP contribution in [0.15, 0.2) is 24.7 Å².